The van der Waals surface area contributed by atoms with Gasteiger partial charge in [-0.05, 0) is 56.0 Å². The molecule has 0 aliphatic carbocycles. The monoisotopic (exact) mass is 326 g/mol. The highest BCUT2D eigenvalue weighted by atomic mass is 16.1. The number of hydrogen-bond donors (Lipinski definition) is 0. The second-order valence-corrected chi connectivity index (χ2v) is 7.11. The summed E-state index contributed by atoms with van der Waals surface area (Å²) in [7, 11) is 0. The lowest BCUT2D eigenvalue weighted by atomic mass is 9.96. The Balaban J connectivity index is 1.67. The van der Waals surface area contributed by atoms with E-state index in [0.717, 1.165) is 37.2 Å². The van der Waals surface area contributed by atoms with Crippen LogP contribution in [0.1, 0.15) is 26.7 Å². The smallest absolute Gasteiger partial charge is 0.266 e. The quantitative estimate of drug-likeness (QED) is 0.848. The van der Waals surface area contributed by atoms with Crippen molar-refractivity contribution in [3.63, 3.8) is 0 Å². The van der Waals surface area contributed by atoms with Crippen molar-refractivity contribution >= 4 is 0 Å². The highest BCUT2D eigenvalue weighted by molar-refractivity contribution is 5.56. The minimum absolute atomic E-state index is 0.0163. The molecule has 0 radical (unpaired) electrons. The van der Waals surface area contributed by atoms with Crippen LogP contribution in [0.3, 0.4) is 0 Å². The van der Waals surface area contributed by atoms with Crippen LogP contribution in [0, 0.1) is 11.8 Å². The molecule has 5 heteroatoms. The Morgan fingerprint density at radius 3 is 2.50 bits per heavy atom. The lowest BCUT2D eigenvalue weighted by Gasteiger charge is -2.32. The van der Waals surface area contributed by atoms with Crippen LogP contribution in [-0.2, 0) is 6.54 Å². The average molecular weight is 326 g/mol. The molecule has 2 aromatic rings. The van der Waals surface area contributed by atoms with Gasteiger partial charge >= 0.3 is 0 Å². The Hall–Kier alpha value is -2.01. The molecule has 0 N–H and O–H groups in total. The van der Waals surface area contributed by atoms with Gasteiger partial charge in [0.15, 0.2) is 0 Å². The summed E-state index contributed by atoms with van der Waals surface area (Å²) in [4.78, 5) is 18.7. The highest BCUT2D eigenvalue weighted by Crippen LogP contribution is 2.20. The van der Waals surface area contributed by atoms with Gasteiger partial charge in [-0.15, -0.1) is 0 Å². The first-order valence-electron chi connectivity index (χ1n) is 8.83. The fourth-order valence-corrected chi connectivity index (χ4v) is 3.37. The van der Waals surface area contributed by atoms with Crippen LogP contribution < -0.4 is 5.56 Å². The second-order valence-electron chi connectivity index (χ2n) is 7.11. The van der Waals surface area contributed by atoms with Gasteiger partial charge in [-0.3, -0.25) is 9.78 Å². The van der Waals surface area contributed by atoms with Crippen molar-refractivity contribution in [3.8, 4) is 11.3 Å². The summed E-state index contributed by atoms with van der Waals surface area (Å²) in [5.74, 6) is 1.24. The molecule has 0 bridgehead atoms. The minimum atomic E-state index is -0.0163. The lowest BCUT2D eigenvalue weighted by molar-refractivity contribution is 0.156. The fourth-order valence-electron chi connectivity index (χ4n) is 3.37. The maximum atomic E-state index is 12.2. The molecule has 0 atom stereocenters. The molecule has 0 saturated carbocycles. The predicted molar refractivity (Wildman–Crippen MR) is 95.7 cm³/mol. The van der Waals surface area contributed by atoms with Crippen LogP contribution in [-0.4, -0.2) is 39.3 Å². The summed E-state index contributed by atoms with van der Waals surface area (Å²) >= 11 is 0. The van der Waals surface area contributed by atoms with Gasteiger partial charge in [0.2, 0.25) is 0 Å². The molecule has 3 heterocycles. The van der Waals surface area contributed by atoms with Crippen molar-refractivity contribution in [1.29, 1.82) is 0 Å². The Kier molecular flexibility index (Phi) is 5.41. The van der Waals surface area contributed by atoms with E-state index in [1.54, 1.807) is 29.2 Å². The van der Waals surface area contributed by atoms with Crippen LogP contribution in [0.2, 0.25) is 0 Å². The molecular weight excluding hydrogens is 300 g/mol. The van der Waals surface area contributed by atoms with Crippen LogP contribution >= 0.6 is 0 Å². The first-order chi connectivity index (χ1) is 11.6. The van der Waals surface area contributed by atoms with E-state index in [0.29, 0.717) is 18.4 Å². The minimum Gasteiger partial charge on any atom is -0.303 e. The van der Waals surface area contributed by atoms with E-state index in [1.165, 1.54) is 6.54 Å². The zero-order valence-corrected chi connectivity index (χ0v) is 14.6. The number of pyridine rings is 1. The summed E-state index contributed by atoms with van der Waals surface area (Å²) < 4.78 is 1.64. The molecule has 128 valence electrons. The Morgan fingerprint density at radius 2 is 1.83 bits per heavy atom. The van der Waals surface area contributed by atoms with Crippen LogP contribution in [0.25, 0.3) is 11.3 Å². The van der Waals surface area contributed by atoms with Gasteiger partial charge in [0.1, 0.15) is 0 Å². The van der Waals surface area contributed by atoms with E-state index >= 15 is 0 Å². The Morgan fingerprint density at radius 1 is 1.12 bits per heavy atom. The molecule has 0 unspecified atom stereocenters. The number of likely N-dealkylation sites (tertiary alicyclic amines) is 1. The number of hydrogen-bond acceptors (Lipinski definition) is 4. The van der Waals surface area contributed by atoms with E-state index < -0.39 is 0 Å². The van der Waals surface area contributed by atoms with Crippen molar-refractivity contribution < 1.29 is 0 Å². The molecule has 5 nitrogen and oxygen atoms in total. The van der Waals surface area contributed by atoms with Gasteiger partial charge < -0.3 is 4.90 Å². The van der Waals surface area contributed by atoms with Crippen molar-refractivity contribution in [3.05, 3.63) is 47.0 Å². The molecule has 1 aliphatic rings. The summed E-state index contributed by atoms with van der Waals surface area (Å²) in [6, 6.07) is 7.25. The van der Waals surface area contributed by atoms with E-state index in [4.69, 9.17) is 0 Å². The molecule has 0 aromatic carbocycles. The van der Waals surface area contributed by atoms with Crippen LogP contribution in [0.4, 0.5) is 0 Å². The fraction of sp³-hybridized carbons (Fsp3) is 0.526. The molecule has 1 saturated heterocycles. The third-order valence-electron chi connectivity index (χ3n) is 4.60. The maximum absolute atomic E-state index is 12.2. The number of aromatic nitrogens is 3. The van der Waals surface area contributed by atoms with Gasteiger partial charge in [0.05, 0.1) is 5.69 Å². The van der Waals surface area contributed by atoms with Crippen LogP contribution in [0.15, 0.2) is 41.5 Å². The molecule has 0 spiro atoms. The number of rotatable bonds is 5. The molecule has 0 amide bonds. The number of nitrogens with zero attached hydrogens (tertiary/aromatic N) is 4. The topological polar surface area (TPSA) is 51.0 Å². The second kappa shape index (κ2) is 7.71. The molecule has 2 aromatic heterocycles. The Bertz CT molecular complexity index is 703. The molecule has 3 rings (SSSR count). The number of piperidine rings is 1. The van der Waals surface area contributed by atoms with E-state index in [2.05, 4.69) is 28.8 Å². The van der Waals surface area contributed by atoms with E-state index in [9.17, 15) is 4.79 Å². The van der Waals surface area contributed by atoms with E-state index in [-0.39, 0.29) is 5.56 Å². The summed E-state index contributed by atoms with van der Waals surface area (Å²) in [6.07, 6.45) is 5.77. The maximum Gasteiger partial charge on any atom is 0.266 e. The van der Waals surface area contributed by atoms with Crippen molar-refractivity contribution in [2.75, 3.05) is 19.6 Å². The van der Waals surface area contributed by atoms with Crippen molar-refractivity contribution in [2.24, 2.45) is 11.8 Å². The largest absolute Gasteiger partial charge is 0.303 e. The normalized spacial score (nSPS) is 16.6. The lowest BCUT2D eigenvalue weighted by Crippen LogP contribution is -2.38. The van der Waals surface area contributed by atoms with Gasteiger partial charge in [-0.2, -0.15) is 5.10 Å². The van der Waals surface area contributed by atoms with Crippen molar-refractivity contribution in [1.82, 2.24) is 19.7 Å². The molecule has 24 heavy (non-hydrogen) atoms. The molecule has 1 fully saturated rings. The average Bonchev–Trinajstić information content (AvgIpc) is 2.59. The van der Waals surface area contributed by atoms with Gasteiger partial charge in [0, 0.05) is 37.1 Å². The third-order valence-corrected chi connectivity index (χ3v) is 4.60. The third kappa shape index (κ3) is 4.29. The molecule has 1 aliphatic heterocycles. The van der Waals surface area contributed by atoms with Gasteiger partial charge in [0.25, 0.3) is 5.56 Å². The molecular formula is C19H26N4O. The summed E-state index contributed by atoms with van der Waals surface area (Å²) in [5.41, 5.74) is 1.80. The zero-order chi connectivity index (χ0) is 16.9. The first kappa shape index (κ1) is 16.8. The zero-order valence-electron chi connectivity index (χ0n) is 14.6. The highest BCUT2D eigenvalue weighted by Gasteiger charge is 2.20. The standard InChI is InChI=1S/C19H26N4O/c1-15(2)13-22-11-7-16(8-12-22)14-23-19(24)4-3-18(21-23)17-5-9-20-10-6-17/h3-6,9-10,15-16H,7-8,11-14H2,1-2H3. The van der Waals surface area contributed by atoms with Gasteiger partial charge in [-0.1, -0.05) is 13.8 Å². The Labute approximate surface area is 143 Å². The summed E-state index contributed by atoms with van der Waals surface area (Å²) in [6.45, 7) is 8.67. The SMILES string of the molecule is CC(C)CN1CCC(Cn2nc(-c3ccncc3)ccc2=O)CC1. The summed E-state index contributed by atoms with van der Waals surface area (Å²) in [5, 5.41) is 4.57. The van der Waals surface area contributed by atoms with E-state index in [1.807, 2.05) is 12.1 Å². The van der Waals surface area contributed by atoms with Crippen molar-refractivity contribution in [2.45, 2.75) is 33.2 Å². The first-order valence-corrected chi connectivity index (χ1v) is 8.83. The predicted octanol–water partition coefficient (Wildman–Crippen LogP) is 2.67. The van der Waals surface area contributed by atoms with Crippen LogP contribution in [0.5, 0.6) is 0 Å². The van der Waals surface area contributed by atoms with Gasteiger partial charge in [-0.25, -0.2) is 4.68 Å².